The number of para-hydroxylation sites is 2. The number of nitrogens with one attached hydrogen (secondary N) is 2. The molecule has 1 atom stereocenters. The van der Waals surface area contributed by atoms with E-state index in [0.717, 1.165) is 22.3 Å². The number of allylic oxidation sites excluding steroid dienone is 2. The highest BCUT2D eigenvalue weighted by atomic mass is 16.1. The fourth-order valence-electron chi connectivity index (χ4n) is 3.14. The zero-order chi connectivity index (χ0) is 21.5. The van der Waals surface area contributed by atoms with Crippen LogP contribution >= 0.6 is 0 Å². The first-order valence-corrected chi connectivity index (χ1v) is 9.96. The molecule has 1 amide bonds. The zero-order valence-electron chi connectivity index (χ0n) is 17.6. The van der Waals surface area contributed by atoms with Crippen LogP contribution in [0.25, 0.3) is 16.7 Å². The van der Waals surface area contributed by atoms with E-state index in [1.54, 1.807) is 12.5 Å². The Morgan fingerprint density at radius 1 is 1.27 bits per heavy atom. The summed E-state index contributed by atoms with van der Waals surface area (Å²) in [6.45, 7) is 10.5. The molecule has 0 aliphatic carbocycles. The van der Waals surface area contributed by atoms with Gasteiger partial charge in [-0.15, -0.1) is 0 Å². The lowest BCUT2D eigenvalue weighted by atomic mass is 10.0. The van der Waals surface area contributed by atoms with E-state index in [1.807, 2.05) is 79.9 Å². The molecule has 0 spiro atoms. The number of carbonyl (C=O) groups excluding carboxylic acids is 1. The van der Waals surface area contributed by atoms with Gasteiger partial charge in [0.2, 0.25) is 0 Å². The number of hydrogen-bond donors (Lipinski definition) is 2. The number of aromatic nitrogens is 2. The number of benzene rings is 2. The Balaban J connectivity index is 1.63. The quantitative estimate of drug-likeness (QED) is 0.545. The topological polar surface area (TPSA) is 71.3 Å². The Morgan fingerprint density at radius 2 is 2.07 bits per heavy atom. The molecule has 1 heterocycles. The highest BCUT2D eigenvalue weighted by Gasteiger charge is 2.09. The Kier molecular flexibility index (Phi) is 6.80. The van der Waals surface area contributed by atoms with E-state index in [0.29, 0.717) is 17.9 Å². The summed E-state index contributed by atoms with van der Waals surface area (Å²) in [5.41, 5.74) is 4.65. The summed E-state index contributed by atoms with van der Waals surface area (Å²) in [7, 11) is 0. The number of carbonyl (C=O) groups is 1. The molecule has 30 heavy (non-hydrogen) atoms. The number of hydrogen-bond acceptors (Lipinski definition) is 4. The van der Waals surface area contributed by atoms with Crippen LogP contribution < -0.4 is 10.6 Å². The first-order valence-electron chi connectivity index (χ1n) is 9.96. The van der Waals surface area contributed by atoms with E-state index in [4.69, 9.17) is 0 Å². The minimum atomic E-state index is -0.0731. The van der Waals surface area contributed by atoms with Gasteiger partial charge >= 0.3 is 0 Å². The monoisotopic (exact) mass is 401 g/mol. The molecular formula is C24H27N5O. The molecule has 0 aliphatic rings. The van der Waals surface area contributed by atoms with Crippen molar-refractivity contribution >= 4 is 28.9 Å². The molecule has 0 unspecified atom stereocenters. The number of nitrogens with zero attached hydrogens (tertiary/aromatic N) is 3. The van der Waals surface area contributed by atoms with Gasteiger partial charge in [-0.3, -0.25) is 4.79 Å². The van der Waals surface area contributed by atoms with Gasteiger partial charge in [0.15, 0.2) is 0 Å². The molecule has 0 saturated carbocycles. The van der Waals surface area contributed by atoms with Crippen molar-refractivity contribution in [1.82, 2.24) is 20.2 Å². The third-order valence-corrected chi connectivity index (χ3v) is 4.75. The Bertz CT molecular complexity index is 1110. The van der Waals surface area contributed by atoms with Crippen LogP contribution in [0.15, 0.2) is 78.3 Å². The van der Waals surface area contributed by atoms with Crippen LogP contribution in [0.3, 0.4) is 0 Å². The van der Waals surface area contributed by atoms with Gasteiger partial charge in [-0.05, 0) is 56.7 Å². The predicted molar refractivity (Wildman–Crippen MR) is 123 cm³/mol. The maximum Gasteiger partial charge on any atom is 0.251 e. The zero-order valence-corrected chi connectivity index (χ0v) is 17.6. The standard InChI is InChI=1S/C24H27N5O/c1-5-25-24(30)21-10-8-9-20(15-21)18(3)28-19(4)26-14-13-17(2)29-16-27-22-11-6-7-12-23(22)29/h6-16,18,28H,4-5H2,1-3H3,(H,25,30)/b17-13+,26-14-/t18-/m0/s1. The van der Waals surface area contributed by atoms with Gasteiger partial charge in [0.05, 0.1) is 11.0 Å². The van der Waals surface area contributed by atoms with Crippen molar-refractivity contribution in [2.24, 2.45) is 4.99 Å². The Hall–Kier alpha value is -3.67. The smallest absolute Gasteiger partial charge is 0.251 e. The lowest BCUT2D eigenvalue weighted by Crippen LogP contribution is -2.23. The molecule has 0 fully saturated rings. The fraction of sp³-hybridized carbons (Fsp3) is 0.208. The van der Waals surface area contributed by atoms with Crippen molar-refractivity contribution in [2.45, 2.75) is 26.8 Å². The molecule has 0 radical (unpaired) electrons. The minimum Gasteiger partial charge on any atom is -0.364 e. The third kappa shape index (κ3) is 5.03. The summed E-state index contributed by atoms with van der Waals surface area (Å²) in [4.78, 5) is 20.8. The van der Waals surface area contributed by atoms with Crippen molar-refractivity contribution in [3.63, 3.8) is 0 Å². The van der Waals surface area contributed by atoms with E-state index in [9.17, 15) is 4.79 Å². The molecule has 0 saturated heterocycles. The molecule has 0 bridgehead atoms. The van der Waals surface area contributed by atoms with E-state index >= 15 is 0 Å². The second-order valence-electron chi connectivity index (χ2n) is 6.99. The molecule has 6 nitrogen and oxygen atoms in total. The summed E-state index contributed by atoms with van der Waals surface area (Å²) in [6.07, 6.45) is 5.44. The Labute approximate surface area is 177 Å². The van der Waals surface area contributed by atoms with Gasteiger partial charge < -0.3 is 15.2 Å². The summed E-state index contributed by atoms with van der Waals surface area (Å²) < 4.78 is 2.02. The SMILES string of the molecule is C=C(/N=C\C=C(/C)n1cnc2ccccc21)N[C@@H](C)c1cccc(C(=O)NCC)c1. The van der Waals surface area contributed by atoms with Crippen LogP contribution in [0.4, 0.5) is 0 Å². The molecule has 3 rings (SSSR count). The maximum atomic E-state index is 12.0. The van der Waals surface area contributed by atoms with E-state index in [2.05, 4.69) is 27.2 Å². The Morgan fingerprint density at radius 3 is 2.87 bits per heavy atom. The summed E-state index contributed by atoms with van der Waals surface area (Å²) in [5, 5.41) is 6.08. The number of imidazole rings is 1. The largest absolute Gasteiger partial charge is 0.364 e. The average molecular weight is 402 g/mol. The second kappa shape index (κ2) is 9.69. The molecule has 6 heteroatoms. The lowest BCUT2D eigenvalue weighted by molar-refractivity contribution is 0.0955. The van der Waals surface area contributed by atoms with Crippen LogP contribution in [-0.2, 0) is 0 Å². The number of aliphatic imine (C=N–C) groups is 1. The molecule has 2 aromatic carbocycles. The van der Waals surface area contributed by atoms with Gasteiger partial charge in [-0.1, -0.05) is 30.8 Å². The molecule has 154 valence electrons. The number of rotatable bonds is 8. The number of amides is 1. The normalized spacial score (nSPS) is 12.8. The first-order chi connectivity index (χ1) is 14.5. The van der Waals surface area contributed by atoms with Gasteiger partial charge in [-0.2, -0.15) is 0 Å². The predicted octanol–water partition coefficient (Wildman–Crippen LogP) is 4.54. The first kappa shape index (κ1) is 21.0. The van der Waals surface area contributed by atoms with Gasteiger partial charge in [0.1, 0.15) is 12.1 Å². The highest BCUT2D eigenvalue weighted by Crippen LogP contribution is 2.17. The minimum absolute atomic E-state index is 0.0355. The number of fused-ring (bicyclic) bond motifs is 1. The maximum absolute atomic E-state index is 12.0. The third-order valence-electron chi connectivity index (χ3n) is 4.75. The molecule has 3 aromatic rings. The van der Waals surface area contributed by atoms with Crippen molar-refractivity contribution in [2.75, 3.05) is 6.54 Å². The second-order valence-corrected chi connectivity index (χ2v) is 6.99. The summed E-state index contributed by atoms with van der Waals surface area (Å²) in [6, 6.07) is 15.5. The van der Waals surface area contributed by atoms with Crippen LogP contribution in [0.1, 0.15) is 42.7 Å². The summed E-state index contributed by atoms with van der Waals surface area (Å²) in [5.74, 6) is 0.474. The fourth-order valence-corrected chi connectivity index (χ4v) is 3.14. The van der Waals surface area contributed by atoms with Gasteiger partial charge in [0, 0.05) is 30.1 Å². The van der Waals surface area contributed by atoms with Crippen molar-refractivity contribution in [1.29, 1.82) is 0 Å². The average Bonchev–Trinajstić information content (AvgIpc) is 3.18. The van der Waals surface area contributed by atoms with E-state index in [1.165, 1.54) is 0 Å². The molecule has 1 aromatic heterocycles. The lowest BCUT2D eigenvalue weighted by Gasteiger charge is -2.16. The highest BCUT2D eigenvalue weighted by molar-refractivity contribution is 5.94. The van der Waals surface area contributed by atoms with Crippen molar-refractivity contribution in [3.8, 4) is 0 Å². The van der Waals surface area contributed by atoms with Crippen LogP contribution in [-0.4, -0.2) is 28.2 Å². The van der Waals surface area contributed by atoms with E-state index in [-0.39, 0.29) is 11.9 Å². The van der Waals surface area contributed by atoms with Gasteiger partial charge in [0.25, 0.3) is 5.91 Å². The van der Waals surface area contributed by atoms with Crippen LogP contribution in [0.2, 0.25) is 0 Å². The van der Waals surface area contributed by atoms with Crippen LogP contribution in [0.5, 0.6) is 0 Å². The van der Waals surface area contributed by atoms with E-state index < -0.39 is 0 Å². The molecule has 2 N–H and O–H groups in total. The van der Waals surface area contributed by atoms with Crippen molar-refractivity contribution < 1.29 is 4.79 Å². The molecule has 0 aliphatic heterocycles. The van der Waals surface area contributed by atoms with Gasteiger partial charge in [-0.25, -0.2) is 9.98 Å². The molecular weight excluding hydrogens is 374 g/mol. The van der Waals surface area contributed by atoms with Crippen LogP contribution in [0, 0.1) is 0 Å². The van der Waals surface area contributed by atoms with Crippen molar-refractivity contribution in [3.05, 3.63) is 84.5 Å². The summed E-state index contributed by atoms with van der Waals surface area (Å²) >= 11 is 0.